The SMILES string of the molecule is O=C(Nc1cccc2nsnc12)c1cc(-n2cnnc2)ccc1Cl. The van der Waals surface area contributed by atoms with E-state index in [1.807, 2.05) is 12.1 Å². The number of hydrogen-bond acceptors (Lipinski definition) is 6. The second kappa shape index (κ2) is 5.99. The molecule has 0 saturated carbocycles. The van der Waals surface area contributed by atoms with Crippen molar-refractivity contribution in [2.45, 2.75) is 0 Å². The van der Waals surface area contributed by atoms with Gasteiger partial charge in [-0.25, -0.2) is 0 Å². The summed E-state index contributed by atoms with van der Waals surface area (Å²) in [6.07, 6.45) is 3.10. The highest BCUT2D eigenvalue weighted by atomic mass is 35.5. The monoisotopic (exact) mass is 356 g/mol. The van der Waals surface area contributed by atoms with E-state index in [2.05, 4.69) is 24.3 Å². The molecule has 4 aromatic rings. The molecule has 2 heterocycles. The van der Waals surface area contributed by atoms with Crippen molar-refractivity contribution in [2.75, 3.05) is 5.32 Å². The van der Waals surface area contributed by atoms with E-state index in [1.54, 1.807) is 41.5 Å². The Hall–Kier alpha value is -2.84. The third-order valence-corrected chi connectivity index (χ3v) is 4.32. The molecule has 9 heteroatoms. The molecule has 2 aromatic carbocycles. The summed E-state index contributed by atoms with van der Waals surface area (Å²) in [6.45, 7) is 0. The minimum atomic E-state index is -0.324. The molecule has 0 fully saturated rings. The molecule has 4 rings (SSSR count). The van der Waals surface area contributed by atoms with E-state index < -0.39 is 0 Å². The van der Waals surface area contributed by atoms with Crippen LogP contribution in [0.4, 0.5) is 5.69 Å². The van der Waals surface area contributed by atoms with Gasteiger partial charge in [0.05, 0.1) is 28.0 Å². The summed E-state index contributed by atoms with van der Waals surface area (Å²) in [5.41, 5.74) is 3.08. The van der Waals surface area contributed by atoms with Gasteiger partial charge in [0.2, 0.25) is 0 Å². The van der Waals surface area contributed by atoms with Crippen LogP contribution in [0, 0.1) is 0 Å². The van der Waals surface area contributed by atoms with E-state index in [9.17, 15) is 4.79 Å². The minimum absolute atomic E-state index is 0.324. The van der Waals surface area contributed by atoms with Crippen molar-refractivity contribution in [1.29, 1.82) is 0 Å². The normalized spacial score (nSPS) is 10.9. The molecule has 0 atom stereocenters. The maximum absolute atomic E-state index is 12.6. The van der Waals surface area contributed by atoms with Crippen LogP contribution in [0.15, 0.2) is 49.1 Å². The highest BCUT2D eigenvalue weighted by molar-refractivity contribution is 7.00. The lowest BCUT2D eigenvalue weighted by Crippen LogP contribution is -2.13. The van der Waals surface area contributed by atoms with Gasteiger partial charge in [-0.15, -0.1) is 10.2 Å². The van der Waals surface area contributed by atoms with Gasteiger partial charge in [-0.2, -0.15) is 8.75 Å². The lowest BCUT2D eigenvalue weighted by molar-refractivity contribution is 0.102. The van der Waals surface area contributed by atoms with Gasteiger partial charge in [-0.1, -0.05) is 17.7 Å². The average Bonchev–Trinajstić information content (AvgIpc) is 3.27. The molecule has 0 aliphatic rings. The summed E-state index contributed by atoms with van der Waals surface area (Å²) < 4.78 is 10.1. The molecule has 7 nitrogen and oxygen atoms in total. The third kappa shape index (κ3) is 2.61. The summed E-state index contributed by atoms with van der Waals surface area (Å²) >= 11 is 7.29. The molecule has 118 valence electrons. The number of amides is 1. The zero-order valence-corrected chi connectivity index (χ0v) is 13.6. The molecule has 0 unspecified atom stereocenters. The van der Waals surface area contributed by atoms with E-state index in [0.29, 0.717) is 21.8 Å². The van der Waals surface area contributed by atoms with Gasteiger partial charge >= 0.3 is 0 Å². The second-order valence-electron chi connectivity index (χ2n) is 4.92. The number of carbonyl (C=O) groups excluding carboxylic acids is 1. The number of halogens is 1. The van der Waals surface area contributed by atoms with E-state index in [-0.39, 0.29) is 5.91 Å². The Morgan fingerprint density at radius 2 is 1.96 bits per heavy atom. The zero-order valence-electron chi connectivity index (χ0n) is 12.0. The van der Waals surface area contributed by atoms with Crippen LogP contribution >= 0.6 is 23.3 Å². The first kappa shape index (κ1) is 14.7. The molecule has 0 radical (unpaired) electrons. The first-order chi connectivity index (χ1) is 11.7. The second-order valence-corrected chi connectivity index (χ2v) is 5.86. The van der Waals surface area contributed by atoms with Crippen LogP contribution in [0.5, 0.6) is 0 Å². The summed E-state index contributed by atoms with van der Waals surface area (Å²) in [4.78, 5) is 12.6. The van der Waals surface area contributed by atoms with Gasteiger partial charge in [-0.3, -0.25) is 9.36 Å². The molecular formula is C15H9ClN6OS. The third-order valence-electron chi connectivity index (χ3n) is 3.45. The standard InChI is InChI=1S/C15H9ClN6OS/c16-11-5-4-9(22-7-17-18-8-22)6-10(11)15(23)19-12-2-1-3-13-14(12)21-24-20-13/h1-8H,(H,19,23). The fourth-order valence-corrected chi connectivity index (χ4v) is 3.03. The number of anilines is 1. The zero-order chi connectivity index (χ0) is 16.5. The van der Waals surface area contributed by atoms with Crippen molar-refractivity contribution in [1.82, 2.24) is 23.5 Å². The summed E-state index contributed by atoms with van der Waals surface area (Å²) in [7, 11) is 0. The largest absolute Gasteiger partial charge is 0.320 e. The Bertz CT molecular complexity index is 1030. The van der Waals surface area contributed by atoms with Gasteiger partial charge in [0, 0.05) is 5.69 Å². The van der Waals surface area contributed by atoms with Crippen molar-refractivity contribution < 1.29 is 4.79 Å². The highest BCUT2D eigenvalue weighted by Crippen LogP contribution is 2.24. The van der Waals surface area contributed by atoms with Crippen LogP contribution in [0.2, 0.25) is 5.02 Å². The van der Waals surface area contributed by atoms with Crippen LogP contribution in [0.3, 0.4) is 0 Å². The Morgan fingerprint density at radius 1 is 1.12 bits per heavy atom. The number of hydrogen-bond donors (Lipinski definition) is 1. The van der Waals surface area contributed by atoms with Crippen molar-refractivity contribution in [3.05, 3.63) is 59.6 Å². The van der Waals surface area contributed by atoms with Gasteiger partial charge in [0.1, 0.15) is 23.7 Å². The van der Waals surface area contributed by atoms with Gasteiger partial charge in [-0.05, 0) is 30.3 Å². The Labute approximate surface area is 145 Å². The van der Waals surface area contributed by atoms with Crippen molar-refractivity contribution in [3.63, 3.8) is 0 Å². The van der Waals surface area contributed by atoms with Gasteiger partial charge in [0.25, 0.3) is 5.91 Å². The van der Waals surface area contributed by atoms with Crippen LogP contribution in [0.1, 0.15) is 10.4 Å². The fourth-order valence-electron chi connectivity index (χ4n) is 2.28. The molecule has 0 aliphatic carbocycles. The quantitative estimate of drug-likeness (QED) is 0.609. The molecule has 0 spiro atoms. The Morgan fingerprint density at radius 3 is 2.79 bits per heavy atom. The van der Waals surface area contributed by atoms with E-state index in [0.717, 1.165) is 22.9 Å². The van der Waals surface area contributed by atoms with E-state index in [1.165, 1.54) is 0 Å². The molecular weight excluding hydrogens is 348 g/mol. The highest BCUT2D eigenvalue weighted by Gasteiger charge is 2.14. The maximum Gasteiger partial charge on any atom is 0.257 e. The fraction of sp³-hybridized carbons (Fsp3) is 0. The summed E-state index contributed by atoms with van der Waals surface area (Å²) in [5.74, 6) is -0.324. The van der Waals surface area contributed by atoms with Crippen LogP contribution in [-0.2, 0) is 0 Å². The smallest absolute Gasteiger partial charge is 0.257 e. The van der Waals surface area contributed by atoms with Crippen molar-refractivity contribution >= 4 is 46.0 Å². The molecule has 0 bridgehead atoms. The number of nitrogens with zero attached hydrogens (tertiary/aromatic N) is 5. The molecule has 24 heavy (non-hydrogen) atoms. The van der Waals surface area contributed by atoms with E-state index >= 15 is 0 Å². The number of aromatic nitrogens is 5. The molecule has 1 N–H and O–H groups in total. The molecule has 2 aromatic heterocycles. The van der Waals surface area contributed by atoms with Crippen molar-refractivity contribution in [3.8, 4) is 5.69 Å². The molecule has 0 saturated heterocycles. The topological polar surface area (TPSA) is 85.6 Å². The maximum atomic E-state index is 12.6. The number of nitrogens with one attached hydrogen (secondary N) is 1. The Kier molecular flexibility index (Phi) is 3.68. The van der Waals surface area contributed by atoms with Crippen LogP contribution in [0.25, 0.3) is 16.7 Å². The number of rotatable bonds is 3. The van der Waals surface area contributed by atoms with Crippen molar-refractivity contribution in [2.24, 2.45) is 0 Å². The lowest BCUT2D eigenvalue weighted by Gasteiger charge is -2.09. The molecule has 0 aliphatic heterocycles. The van der Waals surface area contributed by atoms with Gasteiger partial charge < -0.3 is 5.32 Å². The average molecular weight is 357 g/mol. The van der Waals surface area contributed by atoms with Gasteiger partial charge in [0.15, 0.2) is 0 Å². The summed E-state index contributed by atoms with van der Waals surface area (Å²) in [6, 6.07) is 10.6. The minimum Gasteiger partial charge on any atom is -0.320 e. The number of carbonyl (C=O) groups is 1. The predicted octanol–water partition coefficient (Wildman–Crippen LogP) is 3.18. The number of benzene rings is 2. The first-order valence-electron chi connectivity index (χ1n) is 6.89. The Balaban J connectivity index is 1.69. The lowest BCUT2D eigenvalue weighted by atomic mass is 10.1. The van der Waals surface area contributed by atoms with Crippen LogP contribution < -0.4 is 5.32 Å². The first-order valence-corrected chi connectivity index (χ1v) is 8.00. The molecule has 1 amide bonds. The predicted molar refractivity (Wildman–Crippen MR) is 91.7 cm³/mol. The number of fused-ring (bicyclic) bond motifs is 1. The van der Waals surface area contributed by atoms with Crippen LogP contribution in [-0.4, -0.2) is 29.4 Å². The summed E-state index contributed by atoms with van der Waals surface area (Å²) in [5, 5.41) is 10.7. The van der Waals surface area contributed by atoms with E-state index in [4.69, 9.17) is 11.6 Å².